The van der Waals surface area contributed by atoms with E-state index in [1.807, 2.05) is 31.2 Å². The average molecular weight is 360 g/mol. The molecule has 2 N–H and O–H groups in total. The lowest BCUT2D eigenvalue weighted by Gasteiger charge is -2.13. The number of benzene rings is 2. The van der Waals surface area contributed by atoms with E-state index in [9.17, 15) is 13.2 Å². The SMILES string of the molecule is CNS(=O)(=O)c1cc(C(=O)NCCc2ccccc2C)cc(C)c1C. The Labute approximate surface area is 149 Å². The summed E-state index contributed by atoms with van der Waals surface area (Å²) in [6.07, 6.45) is 0.727. The highest BCUT2D eigenvalue weighted by molar-refractivity contribution is 7.89. The van der Waals surface area contributed by atoms with Crippen molar-refractivity contribution in [3.63, 3.8) is 0 Å². The number of carbonyl (C=O) groups is 1. The normalized spacial score (nSPS) is 11.4. The van der Waals surface area contributed by atoms with Crippen molar-refractivity contribution in [2.24, 2.45) is 0 Å². The van der Waals surface area contributed by atoms with Crippen LogP contribution in [0.2, 0.25) is 0 Å². The Morgan fingerprint density at radius 2 is 1.72 bits per heavy atom. The first-order valence-electron chi connectivity index (χ1n) is 8.13. The summed E-state index contributed by atoms with van der Waals surface area (Å²) >= 11 is 0. The number of sulfonamides is 1. The third-order valence-corrected chi connectivity index (χ3v) is 5.92. The molecule has 2 aromatic carbocycles. The highest BCUT2D eigenvalue weighted by atomic mass is 32.2. The van der Waals surface area contributed by atoms with Gasteiger partial charge in [0.05, 0.1) is 4.90 Å². The first kappa shape index (κ1) is 19.1. The third kappa shape index (κ3) is 4.46. The summed E-state index contributed by atoms with van der Waals surface area (Å²) in [7, 11) is -2.25. The van der Waals surface area contributed by atoms with E-state index in [-0.39, 0.29) is 10.8 Å². The topological polar surface area (TPSA) is 75.3 Å². The maximum Gasteiger partial charge on any atom is 0.251 e. The Morgan fingerprint density at radius 1 is 1.04 bits per heavy atom. The lowest BCUT2D eigenvalue weighted by molar-refractivity contribution is 0.0954. The van der Waals surface area contributed by atoms with E-state index in [1.54, 1.807) is 19.9 Å². The molecule has 2 rings (SSSR count). The number of hydrogen-bond donors (Lipinski definition) is 2. The Morgan fingerprint density at radius 3 is 2.36 bits per heavy atom. The van der Waals surface area contributed by atoms with Crippen molar-refractivity contribution in [1.82, 2.24) is 10.0 Å². The van der Waals surface area contributed by atoms with E-state index >= 15 is 0 Å². The minimum absolute atomic E-state index is 0.138. The molecule has 0 aliphatic carbocycles. The molecule has 5 nitrogen and oxygen atoms in total. The van der Waals surface area contributed by atoms with Gasteiger partial charge in [-0.25, -0.2) is 13.1 Å². The van der Waals surface area contributed by atoms with Gasteiger partial charge in [-0.15, -0.1) is 0 Å². The Hall–Kier alpha value is -2.18. The zero-order valence-corrected chi connectivity index (χ0v) is 15.8. The van der Waals surface area contributed by atoms with E-state index in [4.69, 9.17) is 0 Å². The van der Waals surface area contributed by atoms with Crippen LogP contribution >= 0.6 is 0 Å². The molecule has 0 aromatic heterocycles. The molecule has 0 atom stereocenters. The Balaban J connectivity index is 2.16. The van der Waals surface area contributed by atoms with Crippen LogP contribution in [0.3, 0.4) is 0 Å². The molecule has 0 saturated carbocycles. The molecule has 0 fully saturated rings. The van der Waals surface area contributed by atoms with Gasteiger partial charge in [0.25, 0.3) is 5.91 Å². The molecule has 25 heavy (non-hydrogen) atoms. The second-order valence-corrected chi connectivity index (χ2v) is 7.91. The second kappa shape index (κ2) is 7.80. The van der Waals surface area contributed by atoms with Crippen molar-refractivity contribution in [2.75, 3.05) is 13.6 Å². The van der Waals surface area contributed by atoms with Crippen molar-refractivity contribution in [1.29, 1.82) is 0 Å². The van der Waals surface area contributed by atoms with Crippen molar-refractivity contribution >= 4 is 15.9 Å². The van der Waals surface area contributed by atoms with Gasteiger partial charge in [-0.3, -0.25) is 4.79 Å². The zero-order chi connectivity index (χ0) is 18.6. The summed E-state index contributed by atoms with van der Waals surface area (Å²) in [5.74, 6) is -0.274. The number of rotatable bonds is 6. The predicted molar refractivity (Wildman–Crippen MR) is 99.4 cm³/mol. The summed E-state index contributed by atoms with van der Waals surface area (Å²) in [6.45, 7) is 6.06. The number of aryl methyl sites for hydroxylation is 2. The molecule has 0 saturated heterocycles. The van der Waals surface area contributed by atoms with Gasteiger partial charge >= 0.3 is 0 Å². The van der Waals surface area contributed by atoms with E-state index in [1.165, 1.54) is 24.2 Å². The molecule has 2 aromatic rings. The number of hydrogen-bond acceptors (Lipinski definition) is 3. The van der Waals surface area contributed by atoms with Crippen LogP contribution in [0.5, 0.6) is 0 Å². The molecular weight excluding hydrogens is 336 g/mol. The molecule has 0 unspecified atom stereocenters. The van der Waals surface area contributed by atoms with Crippen LogP contribution in [0, 0.1) is 20.8 Å². The number of nitrogens with one attached hydrogen (secondary N) is 2. The van der Waals surface area contributed by atoms with E-state index in [2.05, 4.69) is 10.0 Å². The maximum atomic E-state index is 12.4. The molecule has 1 amide bonds. The number of amides is 1. The summed E-state index contributed by atoms with van der Waals surface area (Å²) in [6, 6.07) is 11.2. The van der Waals surface area contributed by atoms with E-state index in [0.717, 1.165) is 12.0 Å². The third-order valence-electron chi connectivity index (χ3n) is 4.38. The Kier molecular flexibility index (Phi) is 5.98. The first-order chi connectivity index (χ1) is 11.8. The van der Waals surface area contributed by atoms with Gasteiger partial charge in [0.1, 0.15) is 0 Å². The van der Waals surface area contributed by atoms with Gasteiger partial charge in [-0.05, 0) is 68.6 Å². The standard InChI is InChI=1S/C19H24N2O3S/c1-13-7-5-6-8-16(13)9-10-21-19(22)17-11-14(2)15(3)18(12-17)25(23,24)20-4/h5-8,11-12,20H,9-10H2,1-4H3,(H,21,22). The van der Waals surface area contributed by atoms with Gasteiger partial charge in [0, 0.05) is 12.1 Å². The number of carbonyl (C=O) groups excluding carboxylic acids is 1. The van der Waals surface area contributed by atoms with Crippen molar-refractivity contribution < 1.29 is 13.2 Å². The van der Waals surface area contributed by atoms with Gasteiger partial charge in [0.15, 0.2) is 0 Å². The molecule has 0 aliphatic heterocycles. The van der Waals surface area contributed by atoms with Gasteiger partial charge in [-0.1, -0.05) is 24.3 Å². The van der Waals surface area contributed by atoms with Crippen molar-refractivity contribution in [3.8, 4) is 0 Å². The smallest absolute Gasteiger partial charge is 0.251 e. The molecule has 0 spiro atoms. The minimum Gasteiger partial charge on any atom is -0.352 e. The monoisotopic (exact) mass is 360 g/mol. The van der Waals surface area contributed by atoms with Crippen LogP contribution in [0.4, 0.5) is 0 Å². The van der Waals surface area contributed by atoms with E-state index < -0.39 is 10.0 Å². The lowest BCUT2D eigenvalue weighted by Crippen LogP contribution is -2.27. The molecule has 134 valence electrons. The fourth-order valence-electron chi connectivity index (χ4n) is 2.65. The highest BCUT2D eigenvalue weighted by Gasteiger charge is 2.19. The van der Waals surface area contributed by atoms with Crippen LogP contribution in [0.25, 0.3) is 0 Å². The maximum absolute atomic E-state index is 12.4. The van der Waals surface area contributed by atoms with E-state index in [0.29, 0.717) is 17.7 Å². The van der Waals surface area contributed by atoms with Crippen LogP contribution in [0.15, 0.2) is 41.3 Å². The quantitative estimate of drug-likeness (QED) is 0.831. The fourth-order valence-corrected chi connectivity index (χ4v) is 3.72. The molecular formula is C19H24N2O3S. The fraction of sp³-hybridized carbons (Fsp3) is 0.316. The van der Waals surface area contributed by atoms with Gasteiger partial charge in [0.2, 0.25) is 10.0 Å². The summed E-state index contributed by atoms with van der Waals surface area (Å²) in [5.41, 5.74) is 4.12. The summed E-state index contributed by atoms with van der Waals surface area (Å²) < 4.78 is 26.6. The predicted octanol–water partition coefficient (Wildman–Crippen LogP) is 2.49. The van der Waals surface area contributed by atoms with Crippen LogP contribution in [-0.2, 0) is 16.4 Å². The minimum atomic E-state index is -3.61. The largest absolute Gasteiger partial charge is 0.352 e. The summed E-state index contributed by atoms with van der Waals surface area (Å²) in [4.78, 5) is 12.6. The van der Waals surface area contributed by atoms with Crippen LogP contribution in [0.1, 0.15) is 32.6 Å². The van der Waals surface area contributed by atoms with Gasteiger partial charge in [-0.2, -0.15) is 0 Å². The molecule has 6 heteroatoms. The molecule has 0 radical (unpaired) electrons. The second-order valence-electron chi connectivity index (χ2n) is 6.06. The average Bonchev–Trinajstić information content (AvgIpc) is 2.58. The molecule has 0 aliphatic rings. The highest BCUT2D eigenvalue weighted by Crippen LogP contribution is 2.21. The van der Waals surface area contributed by atoms with Gasteiger partial charge < -0.3 is 5.32 Å². The van der Waals surface area contributed by atoms with Crippen LogP contribution in [-0.4, -0.2) is 27.9 Å². The van der Waals surface area contributed by atoms with Crippen molar-refractivity contribution in [3.05, 3.63) is 64.2 Å². The molecule has 0 heterocycles. The summed E-state index contributed by atoms with van der Waals surface area (Å²) in [5, 5.41) is 2.86. The van der Waals surface area contributed by atoms with Crippen molar-refractivity contribution in [2.45, 2.75) is 32.1 Å². The molecule has 0 bridgehead atoms. The van der Waals surface area contributed by atoms with Crippen LogP contribution < -0.4 is 10.0 Å². The Bertz CT molecular complexity index is 890. The first-order valence-corrected chi connectivity index (χ1v) is 9.62. The lowest BCUT2D eigenvalue weighted by atomic mass is 10.0. The zero-order valence-electron chi connectivity index (χ0n) is 15.0.